The summed E-state index contributed by atoms with van der Waals surface area (Å²) in [5, 5.41) is 0. The average Bonchev–Trinajstić information content (AvgIpc) is 3.08. The lowest BCUT2D eigenvalue weighted by Gasteiger charge is -2.27. The number of carbonyl (C=O) groups is 1. The molecule has 2 heterocycles. The molecule has 2 aliphatic heterocycles. The second-order valence-electron chi connectivity index (χ2n) is 7.60. The van der Waals surface area contributed by atoms with Crippen LogP contribution in [-0.2, 0) is 14.3 Å². The van der Waals surface area contributed by atoms with Crippen LogP contribution in [0.25, 0.3) is 17.7 Å². The molecule has 0 bridgehead atoms. The highest BCUT2D eigenvalue weighted by Crippen LogP contribution is 2.35. The SMILES string of the molecule is CCOCOc1ccc(C2=CC(=O)O/C2=C\c2ccc3c(c2)C=CC(C)(C)O3)cc1. The first-order valence-corrected chi connectivity index (χ1v) is 9.92. The number of cyclic esters (lactones) is 1. The summed E-state index contributed by atoms with van der Waals surface area (Å²) >= 11 is 0. The molecular formula is C25H24O5. The molecule has 154 valence electrons. The van der Waals surface area contributed by atoms with Crippen molar-refractivity contribution in [3.05, 3.63) is 77.1 Å². The average molecular weight is 404 g/mol. The van der Waals surface area contributed by atoms with Crippen LogP contribution in [0.5, 0.6) is 11.5 Å². The maximum atomic E-state index is 12.0. The Morgan fingerprint density at radius 2 is 1.90 bits per heavy atom. The highest BCUT2D eigenvalue weighted by atomic mass is 16.7. The molecule has 5 heteroatoms. The molecule has 0 spiro atoms. The predicted octanol–water partition coefficient (Wildman–Crippen LogP) is 5.22. The van der Waals surface area contributed by atoms with E-state index >= 15 is 0 Å². The molecule has 0 N–H and O–H groups in total. The standard InChI is InChI=1S/C25H24O5/c1-4-27-16-28-20-8-6-18(7-9-20)21-15-24(26)29-23(21)14-17-5-10-22-19(13-17)11-12-25(2,3)30-22/h5-15H,4,16H2,1-3H3/b23-14-. The van der Waals surface area contributed by atoms with Gasteiger partial charge < -0.3 is 18.9 Å². The van der Waals surface area contributed by atoms with Crippen LogP contribution in [0.4, 0.5) is 0 Å². The van der Waals surface area contributed by atoms with E-state index in [2.05, 4.69) is 6.08 Å². The molecule has 0 saturated heterocycles. The van der Waals surface area contributed by atoms with Crippen LogP contribution in [0, 0.1) is 0 Å². The summed E-state index contributed by atoms with van der Waals surface area (Å²) < 4.78 is 22.1. The van der Waals surface area contributed by atoms with Crippen molar-refractivity contribution in [2.45, 2.75) is 26.4 Å². The number of allylic oxidation sites excluding steroid dienone is 1. The Morgan fingerprint density at radius 1 is 1.10 bits per heavy atom. The third-order valence-corrected chi connectivity index (χ3v) is 4.79. The van der Waals surface area contributed by atoms with Gasteiger partial charge >= 0.3 is 5.97 Å². The summed E-state index contributed by atoms with van der Waals surface area (Å²) in [6.45, 7) is 6.76. The molecule has 0 unspecified atom stereocenters. The van der Waals surface area contributed by atoms with Crippen LogP contribution in [0.15, 0.2) is 60.4 Å². The Labute approximate surface area is 176 Å². The second kappa shape index (κ2) is 8.20. The molecule has 30 heavy (non-hydrogen) atoms. The molecule has 0 radical (unpaired) electrons. The third kappa shape index (κ3) is 4.47. The lowest BCUT2D eigenvalue weighted by molar-refractivity contribution is -0.132. The Bertz CT molecular complexity index is 1040. The van der Waals surface area contributed by atoms with Crippen molar-refractivity contribution in [3.8, 4) is 11.5 Å². The van der Waals surface area contributed by atoms with Crippen LogP contribution >= 0.6 is 0 Å². The fraction of sp³-hybridized carbons (Fsp3) is 0.240. The maximum Gasteiger partial charge on any atom is 0.336 e. The molecule has 0 aromatic heterocycles. The minimum atomic E-state index is -0.379. The van der Waals surface area contributed by atoms with Crippen LogP contribution in [0.2, 0.25) is 0 Å². The lowest BCUT2D eigenvalue weighted by atomic mass is 9.99. The van der Waals surface area contributed by atoms with E-state index in [4.69, 9.17) is 18.9 Å². The largest absolute Gasteiger partial charge is 0.483 e. The van der Waals surface area contributed by atoms with Gasteiger partial charge in [0.15, 0.2) is 6.79 Å². The minimum Gasteiger partial charge on any atom is -0.483 e. The molecule has 0 aliphatic carbocycles. The van der Waals surface area contributed by atoms with Gasteiger partial charge in [-0.15, -0.1) is 0 Å². The molecule has 2 aromatic rings. The van der Waals surface area contributed by atoms with Gasteiger partial charge in [0.25, 0.3) is 0 Å². The normalized spacial score (nSPS) is 17.9. The van der Waals surface area contributed by atoms with Crippen molar-refractivity contribution in [2.75, 3.05) is 13.4 Å². The first-order chi connectivity index (χ1) is 14.4. The Hall–Kier alpha value is -3.31. The molecule has 0 saturated carbocycles. The number of rotatable bonds is 6. The van der Waals surface area contributed by atoms with Crippen molar-refractivity contribution < 1.29 is 23.7 Å². The zero-order valence-corrected chi connectivity index (χ0v) is 17.3. The predicted molar refractivity (Wildman–Crippen MR) is 116 cm³/mol. The van der Waals surface area contributed by atoms with E-state index in [0.29, 0.717) is 18.1 Å². The third-order valence-electron chi connectivity index (χ3n) is 4.79. The van der Waals surface area contributed by atoms with Crippen molar-refractivity contribution >= 4 is 23.7 Å². The van der Waals surface area contributed by atoms with Gasteiger partial charge in [0.1, 0.15) is 22.9 Å². The number of fused-ring (bicyclic) bond motifs is 1. The van der Waals surface area contributed by atoms with Crippen LogP contribution < -0.4 is 9.47 Å². The fourth-order valence-electron chi connectivity index (χ4n) is 3.28. The smallest absolute Gasteiger partial charge is 0.336 e. The van der Waals surface area contributed by atoms with E-state index in [-0.39, 0.29) is 18.4 Å². The van der Waals surface area contributed by atoms with Gasteiger partial charge in [-0.1, -0.05) is 24.3 Å². The summed E-state index contributed by atoms with van der Waals surface area (Å²) in [5.74, 6) is 1.68. The number of hydrogen-bond donors (Lipinski definition) is 0. The summed E-state index contributed by atoms with van der Waals surface area (Å²) in [7, 11) is 0. The molecule has 0 amide bonds. The summed E-state index contributed by atoms with van der Waals surface area (Å²) in [5.41, 5.74) is 3.21. The fourth-order valence-corrected chi connectivity index (χ4v) is 3.28. The Morgan fingerprint density at radius 3 is 2.67 bits per heavy atom. The van der Waals surface area contributed by atoms with E-state index in [0.717, 1.165) is 28.0 Å². The highest BCUT2D eigenvalue weighted by molar-refractivity contribution is 6.03. The molecule has 2 aliphatic rings. The summed E-state index contributed by atoms with van der Waals surface area (Å²) in [4.78, 5) is 12.0. The van der Waals surface area contributed by atoms with E-state index in [9.17, 15) is 4.79 Å². The van der Waals surface area contributed by atoms with Crippen molar-refractivity contribution in [2.24, 2.45) is 0 Å². The number of hydrogen-bond acceptors (Lipinski definition) is 5. The molecule has 0 fully saturated rings. The van der Waals surface area contributed by atoms with Gasteiger partial charge in [-0.3, -0.25) is 0 Å². The van der Waals surface area contributed by atoms with E-state index < -0.39 is 0 Å². The topological polar surface area (TPSA) is 54.0 Å². The molecule has 5 nitrogen and oxygen atoms in total. The van der Waals surface area contributed by atoms with Gasteiger partial charge in [0.05, 0.1) is 0 Å². The maximum absolute atomic E-state index is 12.0. The molecule has 4 rings (SSSR count). The summed E-state index contributed by atoms with van der Waals surface area (Å²) in [6.07, 6.45) is 7.46. The van der Waals surface area contributed by atoms with Gasteiger partial charge in [0, 0.05) is 23.8 Å². The number of benzene rings is 2. The quantitative estimate of drug-likeness (QED) is 0.375. The zero-order valence-electron chi connectivity index (χ0n) is 17.3. The molecular weight excluding hydrogens is 380 g/mol. The minimum absolute atomic E-state index is 0.207. The van der Waals surface area contributed by atoms with Gasteiger partial charge in [0.2, 0.25) is 0 Å². The van der Waals surface area contributed by atoms with Crippen molar-refractivity contribution in [3.63, 3.8) is 0 Å². The van der Waals surface area contributed by atoms with Crippen LogP contribution in [0.3, 0.4) is 0 Å². The second-order valence-corrected chi connectivity index (χ2v) is 7.60. The molecule has 2 aromatic carbocycles. The van der Waals surface area contributed by atoms with Gasteiger partial charge in [-0.2, -0.15) is 0 Å². The number of esters is 1. The monoisotopic (exact) mass is 404 g/mol. The first-order valence-electron chi connectivity index (χ1n) is 9.92. The first kappa shape index (κ1) is 20.0. The number of ether oxygens (including phenoxy) is 4. The highest BCUT2D eigenvalue weighted by Gasteiger charge is 2.23. The van der Waals surface area contributed by atoms with Crippen molar-refractivity contribution in [1.29, 1.82) is 0 Å². The van der Waals surface area contributed by atoms with E-state index in [1.54, 1.807) is 0 Å². The van der Waals surface area contributed by atoms with E-state index in [1.165, 1.54) is 6.08 Å². The number of carbonyl (C=O) groups excluding carboxylic acids is 1. The zero-order chi connectivity index (χ0) is 21.1. The Balaban J connectivity index is 1.56. The lowest BCUT2D eigenvalue weighted by Crippen LogP contribution is -2.27. The van der Waals surface area contributed by atoms with Gasteiger partial charge in [-0.05, 0) is 68.3 Å². The van der Waals surface area contributed by atoms with Crippen LogP contribution in [0.1, 0.15) is 37.5 Å². The van der Waals surface area contributed by atoms with Gasteiger partial charge in [-0.25, -0.2) is 4.79 Å². The van der Waals surface area contributed by atoms with Crippen LogP contribution in [-0.4, -0.2) is 25.0 Å². The van der Waals surface area contributed by atoms with E-state index in [1.807, 2.05) is 75.4 Å². The Kier molecular flexibility index (Phi) is 5.46. The summed E-state index contributed by atoms with van der Waals surface area (Å²) in [6, 6.07) is 13.4. The molecule has 0 atom stereocenters. The van der Waals surface area contributed by atoms with Crippen molar-refractivity contribution in [1.82, 2.24) is 0 Å².